The van der Waals surface area contributed by atoms with E-state index in [1.165, 1.54) is 56.3 Å². The number of nitrogens with two attached hydrogens (primary N) is 1. The van der Waals surface area contributed by atoms with Crippen LogP contribution in [-0.4, -0.2) is 204 Å². The molecule has 4 amide bonds. The lowest BCUT2D eigenvalue weighted by Crippen LogP contribution is -2.61. The number of nitrogens with zero attached hydrogens (tertiary/aromatic N) is 3. The SMILES string of the molecule is CC(CC(=O)[C@H](O)[C@H](O)[C@@H](O[C@@H]1O[C@H](CO)[C@H](O)[C@H](O)[C@H]1O)[C@H](O)CO)C(=O)NC(C)C(=O)CC(CC(N)=O)C(=O)Nc1ccc(COC(=O)Nc2c(-c3nc4ccc(N5CCN(C)CC5)cc4[nH]3)c(=O)[nH]c3cccc(F)c23)cc1. The first-order chi connectivity index (χ1) is 38.5. The largest absolute Gasteiger partial charge is 0.444 e. The molecule has 0 bridgehead atoms. The van der Waals surface area contributed by atoms with Crippen molar-refractivity contribution >= 4 is 74.4 Å². The van der Waals surface area contributed by atoms with Gasteiger partial charge in [0, 0.05) is 62.7 Å². The van der Waals surface area contributed by atoms with E-state index >= 15 is 4.39 Å². The van der Waals surface area contributed by atoms with Crippen LogP contribution >= 0.6 is 0 Å². The van der Waals surface area contributed by atoms with Crippen molar-refractivity contribution in [3.8, 4) is 11.4 Å². The number of pyridine rings is 1. The number of halogens is 1. The van der Waals surface area contributed by atoms with E-state index in [1.807, 2.05) is 18.2 Å². The molecule has 27 nitrogen and oxygen atoms in total. The average molecular weight is 1140 g/mol. The van der Waals surface area contributed by atoms with Crippen LogP contribution in [0.3, 0.4) is 0 Å². The molecule has 2 aromatic heterocycles. The number of aliphatic hydroxyl groups is 8. The van der Waals surface area contributed by atoms with Crippen molar-refractivity contribution in [3.63, 3.8) is 0 Å². The number of piperazine rings is 1. The number of ketones is 2. The van der Waals surface area contributed by atoms with Gasteiger partial charge in [0.25, 0.3) is 5.56 Å². The molecular weight excluding hydrogens is 1070 g/mol. The number of hydrogen-bond acceptors (Lipinski definition) is 21. The minimum Gasteiger partial charge on any atom is -0.444 e. The van der Waals surface area contributed by atoms with E-state index in [9.17, 15) is 74.4 Å². The fourth-order valence-electron chi connectivity index (χ4n) is 9.33. The predicted molar refractivity (Wildman–Crippen MR) is 285 cm³/mol. The van der Waals surface area contributed by atoms with E-state index in [4.69, 9.17) is 19.9 Å². The Labute approximate surface area is 460 Å². The lowest BCUT2D eigenvalue weighted by atomic mass is 9.93. The molecule has 2 fully saturated rings. The Morgan fingerprint density at radius 3 is 2.22 bits per heavy atom. The maximum Gasteiger partial charge on any atom is 0.412 e. The first-order valence-corrected chi connectivity index (χ1v) is 25.8. The molecular formula is C53H66FN9O18. The summed E-state index contributed by atoms with van der Waals surface area (Å²) in [4.78, 5) is 107. The zero-order chi connectivity index (χ0) is 59.0. The number of nitrogens with one attached hydrogen (secondary N) is 5. The number of hydrogen-bond donors (Lipinski definition) is 14. The number of fused-ring (bicyclic) bond motifs is 2. The van der Waals surface area contributed by atoms with E-state index < -0.39 is 152 Å². The van der Waals surface area contributed by atoms with Crippen LogP contribution in [0.15, 0.2) is 65.5 Å². The van der Waals surface area contributed by atoms with Gasteiger partial charge in [-0.25, -0.2) is 14.2 Å². The number of ether oxygens (including phenoxy) is 3. The van der Waals surface area contributed by atoms with Crippen LogP contribution < -0.4 is 32.1 Å². The van der Waals surface area contributed by atoms with Gasteiger partial charge in [-0.3, -0.25) is 34.1 Å². The van der Waals surface area contributed by atoms with Crippen molar-refractivity contribution in [2.75, 3.05) is 62.0 Å². The molecule has 0 aliphatic carbocycles. The molecule has 0 radical (unpaired) electrons. The summed E-state index contributed by atoms with van der Waals surface area (Å²) >= 11 is 0. The zero-order valence-corrected chi connectivity index (χ0v) is 44.2. The highest BCUT2D eigenvalue weighted by Crippen LogP contribution is 2.34. The number of likely N-dealkylation sites (N-methyl/N-ethyl adjacent to an activating group) is 1. The molecule has 15 N–H and O–H groups in total. The number of anilines is 3. The Kier molecular flexibility index (Phi) is 20.4. The number of aliphatic hydroxyl groups excluding tert-OH is 8. The van der Waals surface area contributed by atoms with Crippen molar-refractivity contribution in [2.45, 2.75) is 101 Å². The van der Waals surface area contributed by atoms with Gasteiger partial charge < -0.3 is 91.2 Å². The van der Waals surface area contributed by atoms with Gasteiger partial charge in [0.15, 0.2) is 17.9 Å². The Morgan fingerprint density at radius 1 is 0.852 bits per heavy atom. The number of carbonyl (C=O) groups excluding carboxylic acids is 6. The summed E-state index contributed by atoms with van der Waals surface area (Å²) in [5, 5.41) is 88.9. The van der Waals surface area contributed by atoms with Crippen LogP contribution in [0, 0.1) is 17.7 Å². The highest BCUT2D eigenvalue weighted by Gasteiger charge is 2.47. The number of benzene rings is 3. The third-order valence-corrected chi connectivity index (χ3v) is 14.1. The molecule has 12 atom stereocenters. The lowest BCUT2D eigenvalue weighted by molar-refractivity contribution is -0.326. The number of carbonyl (C=O) groups is 6. The zero-order valence-electron chi connectivity index (χ0n) is 44.2. The van der Waals surface area contributed by atoms with Crippen LogP contribution in [0.2, 0.25) is 0 Å². The van der Waals surface area contributed by atoms with Crippen molar-refractivity contribution in [1.82, 2.24) is 25.2 Å². The van der Waals surface area contributed by atoms with Gasteiger partial charge in [-0.15, -0.1) is 0 Å². The number of amides is 4. The third kappa shape index (κ3) is 14.8. The normalized spacial score (nSPS) is 21.3. The summed E-state index contributed by atoms with van der Waals surface area (Å²) in [5.74, 6) is -7.82. The van der Waals surface area contributed by atoms with Gasteiger partial charge in [-0.1, -0.05) is 25.1 Å². The molecule has 0 saturated carbocycles. The van der Waals surface area contributed by atoms with Crippen LogP contribution in [0.5, 0.6) is 0 Å². The van der Waals surface area contributed by atoms with E-state index in [-0.39, 0.29) is 40.3 Å². The van der Waals surface area contributed by atoms with Gasteiger partial charge in [-0.05, 0) is 62.0 Å². The van der Waals surface area contributed by atoms with E-state index in [1.54, 1.807) is 0 Å². The van der Waals surface area contributed by atoms with Crippen LogP contribution in [-0.2, 0) is 44.8 Å². The maximum atomic E-state index is 15.6. The smallest absolute Gasteiger partial charge is 0.412 e. The summed E-state index contributed by atoms with van der Waals surface area (Å²) in [6.45, 7) is 3.60. The lowest BCUT2D eigenvalue weighted by Gasteiger charge is -2.42. The predicted octanol–water partition coefficient (Wildman–Crippen LogP) is -1.54. The second kappa shape index (κ2) is 26.9. The fourth-order valence-corrected chi connectivity index (χ4v) is 9.33. The molecule has 3 aromatic carbocycles. The number of imidazole rings is 1. The van der Waals surface area contributed by atoms with Crippen molar-refractivity contribution in [3.05, 3.63) is 82.4 Å². The average Bonchev–Trinajstić information content (AvgIpc) is 3.97. The summed E-state index contributed by atoms with van der Waals surface area (Å²) in [5.41, 5.74) is 7.22. The monoisotopic (exact) mass is 1140 g/mol. The number of rotatable bonds is 24. The molecule has 7 rings (SSSR count). The number of aromatic amines is 2. The van der Waals surface area contributed by atoms with Crippen LogP contribution in [0.1, 0.15) is 38.7 Å². The molecule has 4 heterocycles. The van der Waals surface area contributed by atoms with Gasteiger partial charge in [0.1, 0.15) is 72.6 Å². The van der Waals surface area contributed by atoms with E-state index in [0.29, 0.717) is 16.6 Å². The Hall–Kier alpha value is -7.35. The topological polar surface area (TPSA) is 422 Å². The number of primary amides is 1. The van der Waals surface area contributed by atoms with Gasteiger partial charge >= 0.3 is 6.09 Å². The molecule has 2 aliphatic rings. The quantitative estimate of drug-likeness (QED) is 0.0333. The molecule has 81 heavy (non-hydrogen) atoms. The van der Waals surface area contributed by atoms with Crippen LogP contribution in [0.25, 0.3) is 33.3 Å². The number of H-pyrrole nitrogens is 2. The fraction of sp³-hybridized carbons (Fsp3) is 0.472. The molecule has 28 heteroatoms. The Bertz CT molecular complexity index is 3130. The second-order valence-electron chi connectivity index (χ2n) is 20.2. The molecule has 3 unspecified atom stereocenters. The van der Waals surface area contributed by atoms with Crippen molar-refractivity contribution in [2.24, 2.45) is 17.6 Å². The highest BCUT2D eigenvalue weighted by molar-refractivity contribution is 6.05. The second-order valence-corrected chi connectivity index (χ2v) is 20.2. The first kappa shape index (κ1) is 61.3. The molecule has 0 spiro atoms. The van der Waals surface area contributed by atoms with E-state index in [0.717, 1.165) is 31.9 Å². The maximum absolute atomic E-state index is 15.6. The molecule has 5 aromatic rings. The Morgan fingerprint density at radius 2 is 1.56 bits per heavy atom. The van der Waals surface area contributed by atoms with Crippen molar-refractivity contribution < 1.29 is 88.2 Å². The minimum atomic E-state index is -2.39. The van der Waals surface area contributed by atoms with Gasteiger partial charge in [-0.2, -0.15) is 0 Å². The standard InChI is InChI=1S/C53H66FN9O18/c1-24(17-35(67)42(70)45(73)47(36(68)21-64)81-52-46(74)44(72)43(71)37(22-65)80-52)49(75)56-25(2)34(66)18-27(19-38(55)69)50(76)57-28-9-7-26(8-10-28)23-79-53(78)61-41-39-30(54)5-4-6-32(39)60-51(77)40(41)48-58-31-12-11-29(20-33(31)59-48)63-15-13-62(3)14-16-63/h4-12,20,24-25,27,36-37,42-47,52,64-65,68,70-74H,13-19,21-23H2,1-3H3,(H2,55,69)(H,56,75)(H,57,76)(H,58,59)(H2,60,61,77,78)/t24?,25?,27?,36-,37-,42+,43+,44+,45+,46-,47+,52+/m1/s1. The Balaban J connectivity index is 0.927. The molecule has 2 saturated heterocycles. The van der Waals surface area contributed by atoms with Crippen LogP contribution in [0.4, 0.5) is 26.2 Å². The van der Waals surface area contributed by atoms with Gasteiger partial charge in [0.05, 0.1) is 52.8 Å². The first-order valence-electron chi connectivity index (χ1n) is 25.8. The third-order valence-electron chi connectivity index (χ3n) is 14.1. The summed E-state index contributed by atoms with van der Waals surface area (Å²) in [6.07, 6.45) is -21.0. The summed E-state index contributed by atoms with van der Waals surface area (Å²) in [7, 11) is 2.05. The summed E-state index contributed by atoms with van der Waals surface area (Å²) < 4.78 is 31.6. The van der Waals surface area contributed by atoms with E-state index in [2.05, 4.69) is 47.7 Å². The number of aromatic nitrogens is 3. The minimum absolute atomic E-state index is 0.0705. The molecule has 438 valence electrons. The van der Waals surface area contributed by atoms with Crippen molar-refractivity contribution in [1.29, 1.82) is 0 Å². The van der Waals surface area contributed by atoms with Gasteiger partial charge in [0.2, 0.25) is 17.7 Å². The summed E-state index contributed by atoms with van der Waals surface area (Å²) in [6, 6.07) is 14.3. The molecule has 2 aliphatic heterocycles. The number of Topliss-reactive ketones (excluding diaryl/α,β-unsaturated/α-hetero) is 2. The highest BCUT2D eigenvalue weighted by atomic mass is 19.1.